The maximum Gasteiger partial charge on any atom is 0.337 e. The Labute approximate surface area is 162 Å². The summed E-state index contributed by atoms with van der Waals surface area (Å²) in [6.07, 6.45) is 1.57. The Balaban J connectivity index is 1.81. The summed E-state index contributed by atoms with van der Waals surface area (Å²) in [5.41, 5.74) is 2.84. The van der Waals surface area contributed by atoms with E-state index in [1.807, 2.05) is 30.3 Å². The van der Waals surface area contributed by atoms with E-state index in [0.717, 1.165) is 18.4 Å². The molecule has 0 bridgehead atoms. The van der Waals surface area contributed by atoms with Crippen LogP contribution in [0.3, 0.4) is 0 Å². The smallest absolute Gasteiger partial charge is 0.337 e. The highest BCUT2D eigenvalue weighted by Crippen LogP contribution is 2.21. The standard InChI is InChI=1S/C22H18ClNO3/c23-18-8-4-7-17(14-18)21(25)24-20-13-16(11-12-19(20)22(26)27)10-9-15-5-2-1-3-6-15/h1-8,11-14H,9-10H2,(H,24,25)(H,26,27). The topological polar surface area (TPSA) is 66.4 Å². The van der Waals surface area contributed by atoms with Crippen LogP contribution in [0.4, 0.5) is 5.69 Å². The number of carboxylic acids is 1. The molecule has 0 fully saturated rings. The van der Waals surface area contributed by atoms with Gasteiger partial charge in [-0.1, -0.05) is 54.1 Å². The Kier molecular flexibility index (Phi) is 5.89. The Hall–Kier alpha value is -3.11. The number of halogens is 1. The van der Waals surface area contributed by atoms with Crippen molar-refractivity contribution in [2.24, 2.45) is 0 Å². The number of nitrogens with one attached hydrogen (secondary N) is 1. The van der Waals surface area contributed by atoms with E-state index in [4.69, 9.17) is 11.6 Å². The largest absolute Gasteiger partial charge is 0.478 e. The Bertz CT molecular complexity index is 970. The van der Waals surface area contributed by atoms with Crippen molar-refractivity contribution < 1.29 is 14.7 Å². The van der Waals surface area contributed by atoms with Crippen molar-refractivity contribution in [2.75, 3.05) is 5.32 Å². The summed E-state index contributed by atoms with van der Waals surface area (Å²) in [7, 11) is 0. The molecule has 3 aromatic carbocycles. The minimum atomic E-state index is -1.09. The second-order valence-electron chi connectivity index (χ2n) is 6.14. The highest BCUT2D eigenvalue weighted by atomic mass is 35.5. The summed E-state index contributed by atoms with van der Waals surface area (Å²) in [5.74, 6) is -1.49. The lowest BCUT2D eigenvalue weighted by Gasteiger charge is -2.11. The minimum Gasteiger partial charge on any atom is -0.478 e. The van der Waals surface area contributed by atoms with Gasteiger partial charge >= 0.3 is 5.97 Å². The van der Waals surface area contributed by atoms with Crippen LogP contribution in [0.15, 0.2) is 72.8 Å². The molecule has 2 N–H and O–H groups in total. The highest BCUT2D eigenvalue weighted by Gasteiger charge is 2.14. The zero-order valence-corrected chi connectivity index (χ0v) is 15.2. The van der Waals surface area contributed by atoms with E-state index in [1.165, 1.54) is 17.7 Å². The van der Waals surface area contributed by atoms with Crippen molar-refractivity contribution in [1.29, 1.82) is 0 Å². The quantitative estimate of drug-likeness (QED) is 0.628. The average Bonchev–Trinajstić information content (AvgIpc) is 2.67. The van der Waals surface area contributed by atoms with Crippen LogP contribution in [0.5, 0.6) is 0 Å². The predicted molar refractivity (Wildman–Crippen MR) is 107 cm³/mol. The first-order chi connectivity index (χ1) is 13.0. The average molecular weight is 380 g/mol. The maximum absolute atomic E-state index is 12.5. The van der Waals surface area contributed by atoms with E-state index in [0.29, 0.717) is 10.6 Å². The van der Waals surface area contributed by atoms with Gasteiger partial charge in [0.25, 0.3) is 5.91 Å². The molecule has 5 heteroatoms. The Morgan fingerprint density at radius 2 is 1.59 bits per heavy atom. The van der Waals surface area contributed by atoms with Gasteiger partial charge in [-0.25, -0.2) is 4.79 Å². The van der Waals surface area contributed by atoms with Crippen LogP contribution in [0.25, 0.3) is 0 Å². The number of amides is 1. The van der Waals surface area contributed by atoms with Gasteiger partial charge in [0, 0.05) is 10.6 Å². The van der Waals surface area contributed by atoms with Gasteiger partial charge in [-0.05, 0) is 54.3 Å². The van der Waals surface area contributed by atoms with Gasteiger partial charge in [0.2, 0.25) is 0 Å². The van der Waals surface area contributed by atoms with Crippen molar-refractivity contribution >= 4 is 29.2 Å². The van der Waals surface area contributed by atoms with E-state index in [-0.39, 0.29) is 11.3 Å². The first-order valence-corrected chi connectivity index (χ1v) is 8.88. The molecular formula is C22H18ClNO3. The molecule has 0 radical (unpaired) electrons. The third-order valence-electron chi connectivity index (χ3n) is 4.19. The predicted octanol–water partition coefficient (Wildman–Crippen LogP) is 5.08. The van der Waals surface area contributed by atoms with E-state index in [1.54, 1.807) is 30.3 Å². The molecule has 0 saturated heterocycles. The third-order valence-corrected chi connectivity index (χ3v) is 4.43. The van der Waals surface area contributed by atoms with E-state index < -0.39 is 11.9 Å². The first kappa shape index (κ1) is 18.7. The molecule has 0 aliphatic carbocycles. The number of aryl methyl sites for hydroxylation is 2. The summed E-state index contributed by atoms with van der Waals surface area (Å²) in [6.45, 7) is 0. The second-order valence-corrected chi connectivity index (χ2v) is 6.57. The van der Waals surface area contributed by atoms with Crippen molar-refractivity contribution in [3.8, 4) is 0 Å². The molecule has 0 heterocycles. The van der Waals surface area contributed by atoms with E-state index in [2.05, 4.69) is 5.32 Å². The number of carboxylic acid groups (broad SMARTS) is 1. The second kappa shape index (κ2) is 8.52. The first-order valence-electron chi connectivity index (χ1n) is 8.50. The molecule has 3 rings (SSSR count). The number of rotatable bonds is 6. The van der Waals surface area contributed by atoms with Gasteiger partial charge in [-0.2, -0.15) is 0 Å². The van der Waals surface area contributed by atoms with Gasteiger partial charge < -0.3 is 10.4 Å². The van der Waals surface area contributed by atoms with Crippen LogP contribution in [-0.2, 0) is 12.8 Å². The monoisotopic (exact) mass is 379 g/mol. The lowest BCUT2D eigenvalue weighted by atomic mass is 10.0. The maximum atomic E-state index is 12.5. The van der Waals surface area contributed by atoms with E-state index >= 15 is 0 Å². The molecular weight excluding hydrogens is 362 g/mol. The van der Waals surface area contributed by atoms with Gasteiger partial charge in [0.1, 0.15) is 0 Å². The molecule has 136 valence electrons. The number of anilines is 1. The third kappa shape index (κ3) is 4.96. The van der Waals surface area contributed by atoms with Crippen molar-refractivity contribution in [1.82, 2.24) is 0 Å². The number of carbonyl (C=O) groups excluding carboxylic acids is 1. The van der Waals surface area contributed by atoms with Crippen LogP contribution in [0.2, 0.25) is 5.02 Å². The molecule has 3 aromatic rings. The Morgan fingerprint density at radius 1 is 0.852 bits per heavy atom. The summed E-state index contributed by atoms with van der Waals surface area (Å²) >= 11 is 5.92. The van der Waals surface area contributed by atoms with Gasteiger partial charge in [0.15, 0.2) is 0 Å². The van der Waals surface area contributed by atoms with Crippen molar-refractivity contribution in [3.05, 3.63) is 100 Å². The molecule has 1 amide bonds. The van der Waals surface area contributed by atoms with Gasteiger partial charge in [-0.15, -0.1) is 0 Å². The molecule has 27 heavy (non-hydrogen) atoms. The molecule has 0 aliphatic rings. The van der Waals surface area contributed by atoms with Crippen LogP contribution < -0.4 is 5.32 Å². The molecule has 0 aliphatic heterocycles. The Morgan fingerprint density at radius 3 is 2.30 bits per heavy atom. The highest BCUT2D eigenvalue weighted by molar-refractivity contribution is 6.31. The number of carbonyl (C=O) groups is 2. The fourth-order valence-electron chi connectivity index (χ4n) is 2.79. The molecule has 0 aromatic heterocycles. The fourth-order valence-corrected chi connectivity index (χ4v) is 2.98. The molecule has 4 nitrogen and oxygen atoms in total. The normalized spacial score (nSPS) is 10.4. The van der Waals surface area contributed by atoms with Crippen molar-refractivity contribution in [3.63, 3.8) is 0 Å². The molecule has 0 unspecified atom stereocenters. The summed E-state index contributed by atoms with van der Waals surface area (Å²) in [4.78, 5) is 24.0. The minimum absolute atomic E-state index is 0.0499. The molecule has 0 saturated carbocycles. The van der Waals surface area contributed by atoms with Crippen LogP contribution in [0.1, 0.15) is 31.8 Å². The van der Waals surface area contributed by atoms with Crippen LogP contribution in [0, 0.1) is 0 Å². The number of hydrogen-bond donors (Lipinski definition) is 2. The van der Waals surface area contributed by atoms with Gasteiger partial charge in [-0.3, -0.25) is 4.79 Å². The molecule has 0 atom stereocenters. The van der Waals surface area contributed by atoms with Gasteiger partial charge in [0.05, 0.1) is 11.3 Å². The number of hydrogen-bond acceptors (Lipinski definition) is 2. The number of aromatic carboxylic acids is 1. The van der Waals surface area contributed by atoms with Crippen molar-refractivity contribution in [2.45, 2.75) is 12.8 Å². The SMILES string of the molecule is O=C(Nc1cc(CCc2ccccc2)ccc1C(=O)O)c1cccc(Cl)c1. The number of benzene rings is 3. The van der Waals surface area contributed by atoms with Crippen LogP contribution in [-0.4, -0.2) is 17.0 Å². The van der Waals surface area contributed by atoms with E-state index in [9.17, 15) is 14.7 Å². The lowest BCUT2D eigenvalue weighted by molar-refractivity contribution is 0.0698. The lowest BCUT2D eigenvalue weighted by Crippen LogP contribution is -2.15. The zero-order chi connectivity index (χ0) is 19.2. The summed E-state index contributed by atoms with van der Waals surface area (Å²) in [5, 5.41) is 12.6. The summed E-state index contributed by atoms with van der Waals surface area (Å²) in [6, 6.07) is 21.6. The molecule has 0 spiro atoms. The van der Waals surface area contributed by atoms with Crippen LogP contribution >= 0.6 is 11.6 Å². The zero-order valence-electron chi connectivity index (χ0n) is 14.5. The summed E-state index contributed by atoms with van der Waals surface area (Å²) < 4.78 is 0. The fraction of sp³-hybridized carbons (Fsp3) is 0.0909.